The molecule has 0 heterocycles. The summed E-state index contributed by atoms with van der Waals surface area (Å²) in [7, 11) is 3.34. The second kappa shape index (κ2) is 9.95. The summed E-state index contributed by atoms with van der Waals surface area (Å²) in [5.41, 5.74) is -0.918. The van der Waals surface area contributed by atoms with Gasteiger partial charge in [-0.05, 0) is 13.3 Å². The maximum Gasteiger partial charge on any atom is 0.316 e. The molecule has 0 aliphatic carbocycles. The molecule has 0 aliphatic heterocycles. The molecule has 0 rings (SSSR count). The van der Waals surface area contributed by atoms with E-state index in [0.717, 1.165) is 0 Å². The molecule has 0 bridgehead atoms. The van der Waals surface area contributed by atoms with Crippen LogP contribution in [0.4, 0.5) is 0 Å². The van der Waals surface area contributed by atoms with Crippen LogP contribution in [0.25, 0.3) is 0 Å². The van der Waals surface area contributed by atoms with Crippen LogP contribution < -0.4 is 0 Å². The zero-order valence-corrected chi connectivity index (χ0v) is 13.2. The lowest BCUT2D eigenvalue weighted by atomic mass is 9.87. The summed E-state index contributed by atoms with van der Waals surface area (Å²) in [6.45, 7) is 8.10. The summed E-state index contributed by atoms with van der Waals surface area (Å²) in [4.78, 5) is 11.8. The van der Waals surface area contributed by atoms with Gasteiger partial charge in [0.2, 0.25) is 0 Å². The van der Waals surface area contributed by atoms with Crippen molar-refractivity contribution in [3.63, 3.8) is 0 Å². The Morgan fingerprint density at radius 2 is 2.06 bits per heavy atom. The van der Waals surface area contributed by atoms with Crippen LogP contribution in [0.3, 0.4) is 0 Å². The predicted molar refractivity (Wildman–Crippen MR) is 77.6 cm³/mol. The Balaban J connectivity index is 4.14. The third-order valence-electron chi connectivity index (χ3n) is 2.46. The lowest BCUT2D eigenvalue weighted by Crippen LogP contribution is -2.40. The van der Waals surface area contributed by atoms with E-state index in [0.29, 0.717) is 24.2 Å². The smallest absolute Gasteiger partial charge is 0.316 e. The van der Waals surface area contributed by atoms with Crippen molar-refractivity contribution in [3.05, 3.63) is 0 Å². The molecular weight excluding hydrogens is 272 g/mol. The van der Waals surface area contributed by atoms with Gasteiger partial charge in [-0.1, -0.05) is 42.4 Å². The number of esters is 1. The summed E-state index contributed by atoms with van der Waals surface area (Å²) < 4.78 is 10.5. The molecule has 0 saturated carbocycles. The van der Waals surface area contributed by atoms with Gasteiger partial charge in [-0.2, -0.15) is 0 Å². The number of carbonyl (C=O) groups excluding carboxylic acids is 1. The van der Waals surface area contributed by atoms with Gasteiger partial charge in [0.05, 0.1) is 19.8 Å². The molecule has 0 saturated heterocycles. The minimum atomic E-state index is -0.918. The minimum absolute atomic E-state index is 0.199. The van der Waals surface area contributed by atoms with Gasteiger partial charge in [0.25, 0.3) is 0 Å². The highest BCUT2D eigenvalue weighted by molar-refractivity contribution is 8.76. The fraction of sp³-hybridized carbons (Fsp3) is 0.917. The van der Waals surface area contributed by atoms with Crippen molar-refractivity contribution in [2.75, 3.05) is 25.8 Å². The number of hydrogen-bond donors (Lipinski definition) is 1. The van der Waals surface area contributed by atoms with Crippen LogP contribution in [0.2, 0.25) is 0 Å². The predicted octanol–water partition coefficient (Wildman–Crippen LogP) is 2.70. The van der Waals surface area contributed by atoms with Crippen molar-refractivity contribution in [3.8, 4) is 0 Å². The minimum Gasteiger partial charge on any atom is -0.465 e. The van der Waals surface area contributed by atoms with E-state index in [4.69, 9.17) is 9.47 Å². The van der Waals surface area contributed by atoms with Crippen molar-refractivity contribution in [2.45, 2.75) is 39.4 Å². The van der Waals surface area contributed by atoms with Crippen LogP contribution >= 0.6 is 21.6 Å². The van der Waals surface area contributed by atoms with E-state index >= 15 is 0 Å². The molecule has 6 heteroatoms. The number of rotatable bonds is 10. The van der Waals surface area contributed by atoms with Crippen molar-refractivity contribution in [1.82, 2.24) is 0 Å². The lowest BCUT2D eigenvalue weighted by Gasteiger charge is -2.27. The molecule has 0 fully saturated rings. The van der Waals surface area contributed by atoms with Gasteiger partial charge in [0.1, 0.15) is 11.4 Å². The lowest BCUT2D eigenvalue weighted by molar-refractivity contribution is -0.162. The molecular formula is C12H24O4S2. The molecule has 0 aromatic heterocycles. The van der Waals surface area contributed by atoms with Crippen molar-refractivity contribution in [1.29, 1.82) is 0 Å². The normalized spacial score (nSPS) is 14.6. The van der Waals surface area contributed by atoms with E-state index in [1.165, 1.54) is 0 Å². The Bertz CT molecular complexity index is 230. The average Bonchev–Trinajstić information content (AvgIpc) is 2.34. The fourth-order valence-electron chi connectivity index (χ4n) is 1.25. The molecule has 0 aromatic rings. The molecule has 1 unspecified atom stereocenters. The number of carbonyl (C=O) groups is 1. The third-order valence-corrected chi connectivity index (χ3v) is 5.09. The van der Waals surface area contributed by atoms with Crippen molar-refractivity contribution < 1.29 is 19.4 Å². The first-order valence-corrected chi connectivity index (χ1v) is 8.54. The van der Waals surface area contributed by atoms with Gasteiger partial charge >= 0.3 is 5.97 Å². The van der Waals surface area contributed by atoms with E-state index in [1.807, 2.05) is 6.92 Å². The highest BCUT2D eigenvalue weighted by Crippen LogP contribution is 2.28. The fourth-order valence-corrected chi connectivity index (χ4v) is 2.91. The first kappa shape index (κ1) is 18.1. The Morgan fingerprint density at radius 1 is 1.39 bits per heavy atom. The Labute approximate surface area is 118 Å². The molecule has 108 valence electrons. The van der Waals surface area contributed by atoms with E-state index in [-0.39, 0.29) is 19.2 Å². The molecule has 18 heavy (non-hydrogen) atoms. The van der Waals surface area contributed by atoms with Gasteiger partial charge in [-0.25, -0.2) is 0 Å². The second-order valence-corrected chi connectivity index (χ2v) is 7.13. The van der Waals surface area contributed by atoms with Crippen molar-refractivity contribution >= 4 is 27.6 Å². The van der Waals surface area contributed by atoms with Crippen molar-refractivity contribution in [2.24, 2.45) is 5.41 Å². The largest absolute Gasteiger partial charge is 0.465 e. The SMILES string of the molecule is CCOC(=O)C(CC)(CO)COCSSC(C)C. The molecule has 4 nitrogen and oxygen atoms in total. The van der Waals surface area contributed by atoms with E-state index in [9.17, 15) is 9.90 Å². The van der Waals surface area contributed by atoms with Crippen LogP contribution in [-0.4, -0.2) is 42.1 Å². The molecule has 0 radical (unpaired) electrons. The maximum atomic E-state index is 11.8. The standard InChI is InChI=1S/C12H24O4S2/c1-5-12(7-13,11(14)16-6-2)8-15-9-17-18-10(3)4/h10,13H,5-9H2,1-4H3. The third kappa shape index (κ3) is 6.31. The zero-order valence-electron chi connectivity index (χ0n) is 11.6. The van der Waals surface area contributed by atoms with E-state index < -0.39 is 5.41 Å². The summed E-state index contributed by atoms with van der Waals surface area (Å²) in [5, 5.41) is 9.96. The van der Waals surface area contributed by atoms with E-state index in [1.54, 1.807) is 28.5 Å². The molecule has 1 N–H and O–H groups in total. The molecule has 1 atom stereocenters. The molecule has 0 aliphatic rings. The Hall–Kier alpha value is 0.0900. The Morgan fingerprint density at radius 3 is 2.50 bits per heavy atom. The van der Waals surface area contributed by atoms with E-state index in [2.05, 4.69) is 13.8 Å². The number of aliphatic hydroxyl groups excluding tert-OH is 1. The molecule has 0 aromatic carbocycles. The van der Waals surface area contributed by atoms with Crippen LogP contribution in [0.15, 0.2) is 0 Å². The molecule has 0 spiro atoms. The summed E-state index contributed by atoms with van der Waals surface area (Å²) in [5.74, 6) is 0.126. The first-order valence-electron chi connectivity index (χ1n) is 6.16. The second-order valence-electron chi connectivity index (χ2n) is 4.24. The number of hydrogen-bond acceptors (Lipinski definition) is 6. The van der Waals surface area contributed by atoms with Crippen LogP contribution in [0.5, 0.6) is 0 Å². The van der Waals surface area contributed by atoms with Gasteiger partial charge < -0.3 is 14.6 Å². The topological polar surface area (TPSA) is 55.8 Å². The van der Waals surface area contributed by atoms with Gasteiger partial charge in [-0.3, -0.25) is 4.79 Å². The summed E-state index contributed by atoms with van der Waals surface area (Å²) >= 11 is 0. The number of ether oxygens (including phenoxy) is 2. The quantitative estimate of drug-likeness (QED) is 0.289. The van der Waals surface area contributed by atoms with Crippen LogP contribution in [0.1, 0.15) is 34.1 Å². The van der Waals surface area contributed by atoms with Crippen LogP contribution in [-0.2, 0) is 14.3 Å². The Kier molecular flexibility index (Phi) is 10.00. The highest BCUT2D eigenvalue weighted by atomic mass is 33.1. The maximum absolute atomic E-state index is 11.8. The zero-order chi connectivity index (χ0) is 14.0. The van der Waals surface area contributed by atoms with Gasteiger partial charge in [-0.15, -0.1) is 0 Å². The number of aliphatic hydroxyl groups is 1. The summed E-state index contributed by atoms with van der Waals surface area (Å²) in [6, 6.07) is 0. The highest BCUT2D eigenvalue weighted by Gasteiger charge is 2.38. The van der Waals surface area contributed by atoms with Gasteiger partial charge in [0.15, 0.2) is 0 Å². The average molecular weight is 296 g/mol. The van der Waals surface area contributed by atoms with Gasteiger partial charge in [0, 0.05) is 5.25 Å². The molecule has 0 amide bonds. The monoisotopic (exact) mass is 296 g/mol. The van der Waals surface area contributed by atoms with Crippen LogP contribution in [0, 0.1) is 5.41 Å². The first-order chi connectivity index (χ1) is 8.52. The summed E-state index contributed by atoms with van der Waals surface area (Å²) in [6.07, 6.45) is 0.504.